The summed E-state index contributed by atoms with van der Waals surface area (Å²) in [5.74, 6) is 1.51. The largest absolute Gasteiger partial charge is 0.507 e. The molecule has 0 radical (unpaired) electrons. The molecule has 0 spiro atoms. The van der Waals surface area contributed by atoms with Crippen molar-refractivity contribution >= 4 is 45.7 Å². The predicted octanol–water partition coefficient (Wildman–Crippen LogP) is 6.77. The zero-order chi connectivity index (χ0) is 38.2. The molecule has 5 aromatic rings. The van der Waals surface area contributed by atoms with Gasteiger partial charge in [0.1, 0.15) is 5.75 Å². The molecular weight excluding hydrogens is 703 g/mol. The van der Waals surface area contributed by atoms with E-state index < -0.39 is 0 Å². The lowest BCUT2D eigenvalue weighted by Gasteiger charge is -2.39. The lowest BCUT2D eigenvalue weighted by atomic mass is 9.90. The molecule has 56 heavy (non-hydrogen) atoms. The summed E-state index contributed by atoms with van der Waals surface area (Å²) >= 11 is 0. The Balaban J connectivity index is 0.762. The first-order chi connectivity index (χ1) is 27.4. The van der Waals surface area contributed by atoms with Crippen molar-refractivity contribution in [1.82, 2.24) is 25.0 Å². The Kier molecular flexibility index (Phi) is 9.97. The number of nitrogens with one attached hydrogen (secondary N) is 1. The zero-order valence-electron chi connectivity index (χ0n) is 31.9. The van der Waals surface area contributed by atoms with Gasteiger partial charge in [0.2, 0.25) is 5.91 Å². The highest BCUT2D eigenvalue weighted by atomic mass is 16.3. The van der Waals surface area contributed by atoms with Crippen LogP contribution in [-0.2, 0) is 4.79 Å². The minimum atomic E-state index is -0.338. The van der Waals surface area contributed by atoms with Gasteiger partial charge in [-0.3, -0.25) is 15.0 Å². The number of aromatic hydroxyl groups is 1. The molecule has 6 heterocycles. The second-order valence-corrected chi connectivity index (χ2v) is 16.0. The molecule has 4 aliphatic rings. The van der Waals surface area contributed by atoms with Crippen LogP contribution in [0.25, 0.3) is 22.2 Å². The van der Waals surface area contributed by atoms with E-state index in [0.717, 1.165) is 87.2 Å². The normalized spacial score (nSPS) is 20.5. The van der Waals surface area contributed by atoms with E-state index in [1.807, 2.05) is 30.3 Å². The van der Waals surface area contributed by atoms with Crippen molar-refractivity contribution in [1.29, 1.82) is 0 Å². The first kappa shape index (κ1) is 36.0. The number of phenolic OH excluding ortho intramolecular Hbond substituents is 1. The number of hydrogen-bond donors (Lipinski definition) is 3. The third-order valence-electron chi connectivity index (χ3n) is 12.6. The van der Waals surface area contributed by atoms with Crippen molar-refractivity contribution in [3.8, 4) is 17.0 Å². The van der Waals surface area contributed by atoms with Crippen LogP contribution in [0.5, 0.6) is 5.75 Å². The van der Waals surface area contributed by atoms with Crippen molar-refractivity contribution in [2.45, 2.75) is 56.9 Å². The number of carbonyl (C=O) groups excluding carboxylic acids is 2. The third-order valence-corrected chi connectivity index (χ3v) is 12.6. The Morgan fingerprint density at radius 2 is 1.59 bits per heavy atom. The standard InChI is InChI=1S/C44H51N9O3/c45-43-40(27-37(47-48-43)35-6-1-2-9-41(35)54)51-20-4-5-32(29-51)31-10-12-33(13-11-31)50-23-14-30(15-24-50)28-49-21-16-34(17-22-49)52-25-18-36-38(52)7-3-8-39(36)53-26-19-42(55)46-44(53)56/h1-3,6-13,18,25,27,30,32,34,54H,4-5,14-17,19-24,26,28-29H2,(H2,45,48)(H,46,55,56)/t32-/m0/s1. The van der Waals surface area contributed by atoms with Gasteiger partial charge < -0.3 is 30.1 Å². The number of para-hydroxylation sites is 1. The fourth-order valence-electron chi connectivity index (χ4n) is 9.53. The molecule has 4 saturated heterocycles. The van der Waals surface area contributed by atoms with E-state index in [1.165, 1.54) is 30.6 Å². The Morgan fingerprint density at radius 1 is 0.786 bits per heavy atom. The van der Waals surface area contributed by atoms with E-state index in [9.17, 15) is 14.7 Å². The molecule has 4 N–H and O–H groups in total. The first-order valence-electron chi connectivity index (χ1n) is 20.3. The maximum atomic E-state index is 12.6. The average molecular weight is 754 g/mol. The molecule has 12 nitrogen and oxygen atoms in total. The molecular formula is C44H51N9O3. The maximum Gasteiger partial charge on any atom is 0.328 e. The van der Waals surface area contributed by atoms with Gasteiger partial charge in [0, 0.05) is 93.6 Å². The van der Waals surface area contributed by atoms with Crippen LogP contribution in [0.15, 0.2) is 85.1 Å². The Bertz CT molecular complexity index is 2210. The number of nitrogens with zero attached hydrogens (tertiary/aromatic N) is 7. The number of benzene rings is 3. The highest BCUT2D eigenvalue weighted by molar-refractivity contribution is 6.09. The molecule has 9 rings (SSSR count). The number of likely N-dealkylation sites (tertiary alicyclic amines) is 1. The fourth-order valence-corrected chi connectivity index (χ4v) is 9.53. The highest BCUT2D eigenvalue weighted by Gasteiger charge is 2.29. The van der Waals surface area contributed by atoms with E-state index in [4.69, 9.17) is 5.73 Å². The molecule has 0 unspecified atom stereocenters. The van der Waals surface area contributed by atoms with Crippen LogP contribution in [-0.4, -0.2) is 89.1 Å². The molecule has 0 saturated carbocycles. The summed E-state index contributed by atoms with van der Waals surface area (Å²) < 4.78 is 2.40. The molecule has 1 atom stereocenters. The van der Waals surface area contributed by atoms with Gasteiger partial charge in [-0.25, -0.2) is 4.79 Å². The minimum Gasteiger partial charge on any atom is -0.507 e. The zero-order valence-corrected chi connectivity index (χ0v) is 31.9. The van der Waals surface area contributed by atoms with Gasteiger partial charge in [0.05, 0.1) is 22.6 Å². The quantitative estimate of drug-likeness (QED) is 0.157. The van der Waals surface area contributed by atoms with Crippen molar-refractivity contribution in [3.05, 3.63) is 90.6 Å². The Hall–Kier alpha value is -5.62. The smallest absolute Gasteiger partial charge is 0.328 e. The lowest BCUT2D eigenvalue weighted by Crippen LogP contribution is -2.49. The predicted molar refractivity (Wildman–Crippen MR) is 221 cm³/mol. The van der Waals surface area contributed by atoms with Gasteiger partial charge in [-0.2, -0.15) is 0 Å². The van der Waals surface area contributed by atoms with Crippen LogP contribution in [0.3, 0.4) is 0 Å². The molecule has 3 amide bonds. The number of urea groups is 1. The van der Waals surface area contributed by atoms with Crippen molar-refractivity contribution in [2.24, 2.45) is 5.92 Å². The summed E-state index contributed by atoms with van der Waals surface area (Å²) in [6, 6.07) is 26.8. The highest BCUT2D eigenvalue weighted by Crippen LogP contribution is 2.37. The Morgan fingerprint density at radius 3 is 2.38 bits per heavy atom. The van der Waals surface area contributed by atoms with E-state index >= 15 is 0 Å². The second-order valence-electron chi connectivity index (χ2n) is 16.0. The number of fused-ring (bicyclic) bond motifs is 1. The number of nitrogen functional groups attached to an aromatic ring is 1. The van der Waals surface area contributed by atoms with Gasteiger partial charge in [0.15, 0.2) is 5.82 Å². The number of phenols is 1. The van der Waals surface area contributed by atoms with Crippen LogP contribution in [0, 0.1) is 5.92 Å². The topological polar surface area (TPSA) is 136 Å². The SMILES string of the molecule is Nc1nnc(-c2ccccc2O)cc1N1CCC[C@H](c2ccc(N3CCC(CN4CCC(n5ccc6c(N7CCC(=O)NC7=O)cccc65)CC4)CC3)cc2)C1. The minimum absolute atomic E-state index is 0.182. The monoisotopic (exact) mass is 753 g/mol. The number of carbonyl (C=O) groups is 2. The van der Waals surface area contributed by atoms with Crippen LogP contribution in [0.1, 0.15) is 62.5 Å². The van der Waals surface area contributed by atoms with Crippen molar-refractivity contribution in [3.63, 3.8) is 0 Å². The second kappa shape index (κ2) is 15.5. The molecule has 4 aliphatic heterocycles. The number of piperidine rings is 3. The van der Waals surface area contributed by atoms with Crippen LogP contribution < -0.4 is 25.8 Å². The summed E-state index contributed by atoms with van der Waals surface area (Å²) in [5, 5.41) is 22.5. The number of imide groups is 1. The van der Waals surface area contributed by atoms with Gasteiger partial charge >= 0.3 is 6.03 Å². The molecule has 0 aliphatic carbocycles. The Labute approximate surface area is 327 Å². The molecule has 290 valence electrons. The van der Waals surface area contributed by atoms with Crippen LogP contribution in [0.2, 0.25) is 0 Å². The van der Waals surface area contributed by atoms with E-state index in [2.05, 4.69) is 77.4 Å². The molecule has 4 fully saturated rings. The van der Waals surface area contributed by atoms with Crippen LogP contribution in [0.4, 0.5) is 27.7 Å². The summed E-state index contributed by atoms with van der Waals surface area (Å²) in [6.07, 6.45) is 9.36. The van der Waals surface area contributed by atoms with Crippen LogP contribution >= 0.6 is 0 Å². The van der Waals surface area contributed by atoms with E-state index in [1.54, 1.807) is 17.0 Å². The van der Waals surface area contributed by atoms with Gasteiger partial charge in [-0.15, -0.1) is 10.2 Å². The number of rotatable bonds is 8. The molecule has 0 bridgehead atoms. The average Bonchev–Trinajstić information content (AvgIpc) is 3.67. The van der Waals surface area contributed by atoms with E-state index in [0.29, 0.717) is 47.9 Å². The maximum absolute atomic E-state index is 12.6. The molecule has 2 aromatic heterocycles. The lowest BCUT2D eigenvalue weighted by molar-refractivity contribution is -0.120. The van der Waals surface area contributed by atoms with Gasteiger partial charge in [-0.05, 0) is 98.5 Å². The third kappa shape index (κ3) is 7.25. The summed E-state index contributed by atoms with van der Waals surface area (Å²) in [7, 11) is 0. The first-order valence-corrected chi connectivity index (χ1v) is 20.3. The van der Waals surface area contributed by atoms with Crippen molar-refractivity contribution in [2.75, 3.05) is 72.8 Å². The number of anilines is 4. The number of hydrogen-bond acceptors (Lipinski definition) is 9. The van der Waals surface area contributed by atoms with Gasteiger partial charge in [-0.1, -0.05) is 30.3 Å². The summed E-state index contributed by atoms with van der Waals surface area (Å²) in [6.45, 7) is 7.74. The van der Waals surface area contributed by atoms with Gasteiger partial charge in [0.25, 0.3) is 0 Å². The fraction of sp³-hybridized carbons (Fsp3) is 0.409. The number of amides is 3. The number of aromatic nitrogens is 3. The van der Waals surface area contributed by atoms with Crippen molar-refractivity contribution < 1.29 is 14.7 Å². The number of nitrogens with two attached hydrogens (primary N) is 1. The molecule has 12 heteroatoms. The summed E-state index contributed by atoms with van der Waals surface area (Å²) in [4.78, 5) is 33.5. The van der Waals surface area contributed by atoms with E-state index in [-0.39, 0.29) is 17.7 Å². The molecule has 3 aromatic carbocycles. The summed E-state index contributed by atoms with van der Waals surface area (Å²) in [5.41, 5.74) is 13.2.